The van der Waals surface area contributed by atoms with Crippen molar-refractivity contribution in [3.63, 3.8) is 0 Å². The van der Waals surface area contributed by atoms with Gasteiger partial charge in [-0.05, 0) is 36.4 Å². The zero-order valence-corrected chi connectivity index (χ0v) is 18.2. The molecule has 0 aliphatic heterocycles. The Balaban J connectivity index is 1.68. The molecule has 0 atom stereocenters. The zero-order chi connectivity index (χ0) is 22.4. The summed E-state index contributed by atoms with van der Waals surface area (Å²) in [5, 5.41) is 2.83. The second kappa shape index (κ2) is 9.67. The zero-order valence-electron chi connectivity index (χ0n) is 16.6. The molecule has 3 aromatic rings. The van der Waals surface area contributed by atoms with Gasteiger partial charge in [-0.2, -0.15) is 0 Å². The Morgan fingerprint density at radius 1 is 1.10 bits per heavy atom. The smallest absolute Gasteiger partial charge is 0.270 e. The van der Waals surface area contributed by atoms with Gasteiger partial charge < -0.3 is 19.8 Å². The molecule has 1 amide bonds. The molecule has 1 aromatic heterocycles. The molecule has 9 nitrogen and oxygen atoms in total. The number of aromatic nitrogens is 2. The largest absolute Gasteiger partial charge is 0.497 e. The van der Waals surface area contributed by atoms with Crippen molar-refractivity contribution in [1.82, 2.24) is 9.97 Å². The van der Waals surface area contributed by atoms with Crippen LogP contribution in [-0.2, 0) is 14.6 Å². The first-order valence-electron chi connectivity index (χ1n) is 8.88. The lowest BCUT2D eigenvalue weighted by Gasteiger charge is -2.07. The summed E-state index contributed by atoms with van der Waals surface area (Å²) in [5.74, 6) is 0.732. The Morgan fingerprint density at radius 3 is 2.45 bits per heavy atom. The number of rotatable bonds is 8. The number of sulfone groups is 1. The van der Waals surface area contributed by atoms with Gasteiger partial charge in [0.2, 0.25) is 15.7 Å². The Kier molecular flexibility index (Phi) is 6.98. The monoisotopic (exact) mass is 461 g/mol. The van der Waals surface area contributed by atoms with E-state index in [-0.39, 0.29) is 21.7 Å². The summed E-state index contributed by atoms with van der Waals surface area (Å²) < 4.78 is 35.5. The van der Waals surface area contributed by atoms with E-state index in [0.29, 0.717) is 17.2 Å². The van der Waals surface area contributed by atoms with Crippen LogP contribution in [-0.4, -0.2) is 44.3 Å². The third-order valence-electron chi connectivity index (χ3n) is 4.10. The van der Waals surface area contributed by atoms with E-state index < -0.39 is 20.3 Å². The normalized spacial score (nSPS) is 11.0. The third-order valence-corrected chi connectivity index (χ3v) is 6.75. The van der Waals surface area contributed by atoms with Crippen LogP contribution < -0.4 is 20.3 Å². The van der Waals surface area contributed by atoms with Gasteiger partial charge in [-0.15, -0.1) is 0 Å². The lowest BCUT2D eigenvalue weighted by atomic mass is 10.3. The number of ether oxygens (including phenoxy) is 2. The molecule has 0 aliphatic carbocycles. The highest BCUT2D eigenvalue weighted by Crippen LogP contribution is 2.22. The van der Waals surface area contributed by atoms with Gasteiger partial charge in [-0.1, -0.05) is 17.8 Å². The summed E-state index contributed by atoms with van der Waals surface area (Å²) >= 11 is 0.971. The van der Waals surface area contributed by atoms with E-state index in [0.717, 1.165) is 18.0 Å². The van der Waals surface area contributed by atoms with Crippen molar-refractivity contribution in [2.75, 3.05) is 25.3 Å². The highest BCUT2D eigenvalue weighted by atomic mass is 32.2. The number of nitrogens with one attached hydrogen (secondary N) is 2. The number of carbonyl (C=O) groups is 1. The summed E-state index contributed by atoms with van der Waals surface area (Å²) in [6.07, 6.45) is 0.987. The Hall–Kier alpha value is -3.31. The molecule has 0 bridgehead atoms. The third kappa shape index (κ3) is 5.44. The van der Waals surface area contributed by atoms with Gasteiger partial charge in [-0.3, -0.25) is 9.59 Å². The molecule has 3 rings (SSSR count). The first kappa shape index (κ1) is 22.4. The van der Waals surface area contributed by atoms with Crippen molar-refractivity contribution in [1.29, 1.82) is 0 Å². The Bertz CT molecular complexity index is 1240. The van der Waals surface area contributed by atoms with Gasteiger partial charge in [-0.25, -0.2) is 13.4 Å². The number of methoxy groups -OCH3 is 2. The van der Waals surface area contributed by atoms with Crippen LogP contribution in [0.3, 0.4) is 0 Å². The number of carbonyl (C=O) groups excluding carboxylic acids is 1. The molecule has 1 heterocycles. The number of anilines is 1. The van der Waals surface area contributed by atoms with Gasteiger partial charge in [0.25, 0.3) is 5.56 Å². The van der Waals surface area contributed by atoms with E-state index in [1.807, 2.05) is 0 Å². The van der Waals surface area contributed by atoms with E-state index in [2.05, 4.69) is 15.3 Å². The summed E-state index contributed by atoms with van der Waals surface area (Å²) in [6, 6.07) is 12.5. The molecule has 0 saturated carbocycles. The van der Waals surface area contributed by atoms with Crippen LogP contribution >= 0.6 is 11.8 Å². The van der Waals surface area contributed by atoms with Crippen molar-refractivity contribution >= 4 is 33.2 Å². The number of thioether (sulfide) groups is 1. The average Bonchev–Trinajstić information content (AvgIpc) is 2.77. The number of H-pyrrole nitrogens is 1. The maximum atomic E-state index is 12.7. The lowest BCUT2D eigenvalue weighted by molar-refractivity contribution is -0.113. The lowest BCUT2D eigenvalue weighted by Crippen LogP contribution is -2.20. The van der Waals surface area contributed by atoms with Crippen molar-refractivity contribution in [3.05, 3.63) is 65.1 Å². The van der Waals surface area contributed by atoms with Crippen LogP contribution in [0.1, 0.15) is 0 Å². The van der Waals surface area contributed by atoms with E-state index in [4.69, 9.17) is 9.47 Å². The number of amides is 1. The number of hydrogen-bond acceptors (Lipinski definition) is 8. The fourth-order valence-corrected chi connectivity index (χ4v) is 4.41. The molecule has 0 saturated heterocycles. The second-order valence-electron chi connectivity index (χ2n) is 6.13. The minimum absolute atomic E-state index is 0.0370. The molecule has 0 spiro atoms. The highest BCUT2D eigenvalue weighted by molar-refractivity contribution is 7.99. The van der Waals surface area contributed by atoms with E-state index in [1.165, 1.54) is 38.5 Å². The molecular formula is C20H19N3O6S2. The van der Waals surface area contributed by atoms with Crippen molar-refractivity contribution in [2.45, 2.75) is 14.9 Å². The van der Waals surface area contributed by atoms with Crippen LogP contribution in [0, 0.1) is 0 Å². The van der Waals surface area contributed by atoms with Crippen LogP contribution in [0.5, 0.6) is 11.5 Å². The maximum Gasteiger partial charge on any atom is 0.270 e. The summed E-state index contributed by atoms with van der Waals surface area (Å²) in [5.41, 5.74) is -0.256. The fraction of sp³-hybridized carbons (Fsp3) is 0.150. The molecule has 0 unspecified atom stereocenters. The van der Waals surface area contributed by atoms with Crippen LogP contribution in [0.4, 0.5) is 5.69 Å². The minimum atomic E-state index is -4.05. The van der Waals surface area contributed by atoms with Gasteiger partial charge in [0, 0.05) is 11.8 Å². The van der Waals surface area contributed by atoms with Gasteiger partial charge >= 0.3 is 0 Å². The molecule has 2 N–H and O–H groups in total. The van der Waals surface area contributed by atoms with Crippen molar-refractivity contribution in [3.8, 4) is 11.5 Å². The van der Waals surface area contributed by atoms with Crippen molar-refractivity contribution in [2.24, 2.45) is 0 Å². The molecule has 162 valence electrons. The molecule has 31 heavy (non-hydrogen) atoms. The van der Waals surface area contributed by atoms with E-state index in [9.17, 15) is 18.0 Å². The maximum absolute atomic E-state index is 12.7. The van der Waals surface area contributed by atoms with Crippen LogP contribution in [0.2, 0.25) is 0 Å². The van der Waals surface area contributed by atoms with Gasteiger partial charge in [0.15, 0.2) is 10.1 Å². The van der Waals surface area contributed by atoms with Crippen LogP contribution in [0.15, 0.2) is 74.5 Å². The second-order valence-corrected chi connectivity index (χ2v) is 9.01. The predicted octanol–water partition coefficient (Wildman–Crippen LogP) is 2.35. The van der Waals surface area contributed by atoms with Gasteiger partial charge in [0.1, 0.15) is 11.5 Å². The number of aromatic amines is 1. The van der Waals surface area contributed by atoms with Crippen LogP contribution in [0.25, 0.3) is 0 Å². The highest BCUT2D eigenvalue weighted by Gasteiger charge is 2.22. The fourth-order valence-electron chi connectivity index (χ4n) is 2.55. The molecule has 0 radical (unpaired) electrons. The predicted molar refractivity (Wildman–Crippen MR) is 116 cm³/mol. The molecule has 2 aromatic carbocycles. The van der Waals surface area contributed by atoms with Crippen molar-refractivity contribution < 1.29 is 22.7 Å². The summed E-state index contributed by atoms with van der Waals surface area (Å²) in [6.45, 7) is 0. The standard InChI is InChI=1S/C20H19N3O6S2/c1-28-14-6-8-16(9-7-14)31(26,27)17-11-21-20(23-19(17)25)30-12-18(24)22-13-4-3-5-15(10-13)29-2/h3-11H,12H2,1-2H3,(H,22,24)(H,21,23,25). The molecular weight excluding hydrogens is 442 g/mol. The first-order valence-corrected chi connectivity index (χ1v) is 11.4. The van der Waals surface area contributed by atoms with E-state index in [1.54, 1.807) is 24.3 Å². The summed E-state index contributed by atoms with van der Waals surface area (Å²) in [7, 11) is -1.06. The summed E-state index contributed by atoms with van der Waals surface area (Å²) in [4.78, 5) is 30.3. The Morgan fingerprint density at radius 2 is 1.81 bits per heavy atom. The Labute approximate surface area is 182 Å². The quantitative estimate of drug-likeness (QED) is 0.387. The topological polar surface area (TPSA) is 127 Å². The number of benzene rings is 2. The number of nitrogens with zero attached hydrogens (tertiary/aromatic N) is 1. The minimum Gasteiger partial charge on any atom is -0.497 e. The average molecular weight is 462 g/mol. The van der Waals surface area contributed by atoms with Gasteiger partial charge in [0.05, 0.1) is 31.1 Å². The molecule has 0 fully saturated rings. The van der Waals surface area contributed by atoms with E-state index >= 15 is 0 Å². The number of hydrogen-bond donors (Lipinski definition) is 2. The molecule has 11 heteroatoms. The molecule has 0 aliphatic rings. The first-order chi connectivity index (χ1) is 14.8. The SMILES string of the molecule is COc1ccc(S(=O)(=O)c2cnc(SCC(=O)Nc3cccc(OC)c3)[nH]c2=O)cc1.